The molecule has 0 spiro atoms. The number of carboxylic acid groups (broad SMARTS) is 1. The number of rotatable bonds is 3. The summed E-state index contributed by atoms with van der Waals surface area (Å²) in [6.07, 6.45) is 3.65. The second-order valence-corrected chi connectivity index (χ2v) is 9.27. The molecule has 7 nitrogen and oxygen atoms in total. The third-order valence-electron chi connectivity index (χ3n) is 6.13. The number of aromatic nitrogens is 1. The van der Waals surface area contributed by atoms with E-state index in [-0.39, 0.29) is 17.4 Å². The minimum atomic E-state index is -1.20. The predicted octanol–water partition coefficient (Wildman–Crippen LogP) is 2.88. The summed E-state index contributed by atoms with van der Waals surface area (Å²) in [6, 6.07) is 4.72. The summed E-state index contributed by atoms with van der Waals surface area (Å²) in [7, 11) is 1.75. The van der Waals surface area contributed by atoms with Crippen molar-refractivity contribution in [3.8, 4) is 10.4 Å². The predicted molar refractivity (Wildman–Crippen MR) is 114 cm³/mol. The van der Waals surface area contributed by atoms with Crippen LogP contribution in [0.4, 0.5) is 0 Å². The molecule has 1 aliphatic heterocycles. The number of aromatic carboxylic acids is 1. The average molecular weight is 423 g/mol. The number of fused-ring (bicyclic) bond motifs is 2. The molecule has 3 aromatic rings. The van der Waals surface area contributed by atoms with E-state index in [1.807, 2.05) is 19.1 Å². The second-order valence-electron chi connectivity index (χ2n) is 8.13. The van der Waals surface area contributed by atoms with E-state index in [1.54, 1.807) is 35.5 Å². The van der Waals surface area contributed by atoms with E-state index in [1.165, 1.54) is 4.40 Å². The van der Waals surface area contributed by atoms with Crippen LogP contribution in [0, 0.1) is 6.92 Å². The van der Waals surface area contributed by atoms with Gasteiger partial charge in [-0.1, -0.05) is 0 Å². The van der Waals surface area contributed by atoms with Crippen molar-refractivity contribution < 1.29 is 14.7 Å². The highest BCUT2D eigenvalue weighted by Crippen LogP contribution is 2.44. The maximum atomic E-state index is 12.8. The Hall–Kier alpha value is -2.97. The summed E-state index contributed by atoms with van der Waals surface area (Å²) in [5, 5.41) is 9.46. The summed E-state index contributed by atoms with van der Waals surface area (Å²) in [5.41, 5.74) is 9.91. The highest BCUT2D eigenvalue weighted by atomic mass is 32.1. The van der Waals surface area contributed by atoms with Crippen molar-refractivity contribution in [3.63, 3.8) is 0 Å². The molecular weight excluding hydrogens is 402 g/mol. The van der Waals surface area contributed by atoms with Crippen molar-refractivity contribution in [2.45, 2.75) is 38.3 Å². The van der Waals surface area contributed by atoms with Gasteiger partial charge in [0.15, 0.2) is 0 Å². The van der Waals surface area contributed by atoms with Crippen LogP contribution in [0.2, 0.25) is 0 Å². The first-order valence-electron chi connectivity index (χ1n) is 9.83. The van der Waals surface area contributed by atoms with Gasteiger partial charge in [-0.2, -0.15) is 0 Å². The van der Waals surface area contributed by atoms with Gasteiger partial charge in [0, 0.05) is 23.0 Å². The molecule has 5 rings (SSSR count). The lowest BCUT2D eigenvalue weighted by molar-refractivity contribution is -0.132. The van der Waals surface area contributed by atoms with Gasteiger partial charge in [0.25, 0.3) is 5.56 Å². The maximum Gasteiger partial charge on any atom is 0.341 e. The van der Waals surface area contributed by atoms with E-state index in [2.05, 4.69) is 0 Å². The standard InChI is InChI=1S/C22H21N3O4S/c1-10-12(16-8-14-17(30-16)9-24(2)21(27)18(14)23)5-6-25-19(10)13(11-3-4-11)7-15(20(25)26)22(28)29/h5-8,11,18H,3-4,9,23H2,1-2H3,(H,28,29). The van der Waals surface area contributed by atoms with Crippen molar-refractivity contribution in [3.05, 3.63) is 61.9 Å². The van der Waals surface area contributed by atoms with Gasteiger partial charge in [-0.25, -0.2) is 4.79 Å². The van der Waals surface area contributed by atoms with Gasteiger partial charge in [-0.05, 0) is 66.1 Å². The minimum Gasteiger partial charge on any atom is -0.477 e. The van der Waals surface area contributed by atoms with Crippen LogP contribution >= 0.6 is 11.3 Å². The molecule has 1 atom stereocenters. The van der Waals surface area contributed by atoms with Gasteiger partial charge in [0.05, 0.1) is 12.1 Å². The van der Waals surface area contributed by atoms with E-state index in [4.69, 9.17) is 5.73 Å². The summed E-state index contributed by atoms with van der Waals surface area (Å²) < 4.78 is 1.46. The maximum absolute atomic E-state index is 12.8. The normalized spacial score (nSPS) is 18.7. The van der Waals surface area contributed by atoms with Crippen molar-refractivity contribution in [1.29, 1.82) is 0 Å². The summed E-state index contributed by atoms with van der Waals surface area (Å²) in [5.74, 6) is -1.01. The molecule has 8 heteroatoms. The van der Waals surface area contributed by atoms with Crippen LogP contribution in [0.5, 0.6) is 0 Å². The van der Waals surface area contributed by atoms with Gasteiger partial charge in [-0.3, -0.25) is 14.0 Å². The molecule has 30 heavy (non-hydrogen) atoms. The molecule has 1 aliphatic carbocycles. The van der Waals surface area contributed by atoms with Gasteiger partial charge < -0.3 is 15.7 Å². The fourth-order valence-corrected chi connectivity index (χ4v) is 5.69. The summed E-state index contributed by atoms with van der Waals surface area (Å²) in [4.78, 5) is 40.3. The number of carbonyl (C=O) groups is 2. The van der Waals surface area contributed by atoms with Crippen molar-refractivity contribution in [2.75, 3.05) is 7.05 Å². The number of amides is 1. The zero-order valence-electron chi connectivity index (χ0n) is 16.6. The van der Waals surface area contributed by atoms with Crippen molar-refractivity contribution >= 4 is 28.7 Å². The monoisotopic (exact) mass is 423 g/mol. The van der Waals surface area contributed by atoms with Crippen LogP contribution in [-0.4, -0.2) is 33.3 Å². The van der Waals surface area contributed by atoms with Gasteiger partial charge in [0.1, 0.15) is 11.6 Å². The zero-order valence-corrected chi connectivity index (χ0v) is 17.5. The average Bonchev–Trinajstić information content (AvgIpc) is 3.46. The molecule has 0 aromatic carbocycles. The second kappa shape index (κ2) is 6.52. The Bertz CT molecular complexity index is 1300. The molecule has 154 valence electrons. The number of hydrogen-bond acceptors (Lipinski definition) is 5. The molecule has 0 radical (unpaired) electrons. The summed E-state index contributed by atoms with van der Waals surface area (Å²) in [6.45, 7) is 2.50. The fourth-order valence-electron chi connectivity index (χ4n) is 4.35. The minimum absolute atomic E-state index is 0.0918. The van der Waals surface area contributed by atoms with Crippen LogP contribution in [-0.2, 0) is 11.3 Å². The van der Waals surface area contributed by atoms with Crippen molar-refractivity contribution in [1.82, 2.24) is 9.30 Å². The molecule has 3 aromatic heterocycles. The molecule has 4 heterocycles. The largest absolute Gasteiger partial charge is 0.477 e. The van der Waals surface area contributed by atoms with Crippen LogP contribution < -0.4 is 11.3 Å². The lowest BCUT2D eigenvalue weighted by Gasteiger charge is -2.26. The fraction of sp³-hybridized carbons (Fsp3) is 0.318. The number of carbonyl (C=O) groups excluding carboxylic acids is 1. The molecule has 0 bridgehead atoms. The van der Waals surface area contributed by atoms with Gasteiger partial charge >= 0.3 is 5.97 Å². The number of nitrogens with two attached hydrogens (primary N) is 1. The zero-order chi connectivity index (χ0) is 21.3. The molecular formula is C22H21N3O4S. The van der Waals surface area contributed by atoms with E-state index >= 15 is 0 Å². The topological polar surface area (TPSA) is 105 Å². The van der Waals surface area contributed by atoms with E-state index in [9.17, 15) is 19.5 Å². The Morgan fingerprint density at radius 3 is 2.63 bits per heavy atom. The molecule has 1 amide bonds. The van der Waals surface area contributed by atoms with E-state index in [0.717, 1.165) is 50.4 Å². The first kappa shape index (κ1) is 19.0. The van der Waals surface area contributed by atoms with Gasteiger partial charge in [-0.15, -0.1) is 11.3 Å². The van der Waals surface area contributed by atoms with Crippen molar-refractivity contribution in [2.24, 2.45) is 5.73 Å². The van der Waals surface area contributed by atoms with E-state index < -0.39 is 17.6 Å². The Labute approximate surface area is 176 Å². The third-order valence-corrected chi connectivity index (χ3v) is 7.29. The lowest BCUT2D eigenvalue weighted by Crippen LogP contribution is -2.39. The first-order chi connectivity index (χ1) is 14.3. The Balaban J connectivity index is 1.73. The van der Waals surface area contributed by atoms with E-state index in [0.29, 0.717) is 6.54 Å². The quantitative estimate of drug-likeness (QED) is 0.674. The molecule has 3 N–H and O–H groups in total. The SMILES string of the molecule is Cc1c(-c2cc3c(s2)CN(C)C(=O)C3N)ccn2c(=O)c(C(=O)O)cc(C3CC3)c12. The number of carboxylic acids is 1. The van der Waals surface area contributed by atoms with Gasteiger partial charge in [0.2, 0.25) is 5.91 Å². The number of nitrogens with zero attached hydrogens (tertiary/aromatic N) is 2. The Morgan fingerprint density at radius 1 is 1.23 bits per heavy atom. The van der Waals surface area contributed by atoms with Crippen LogP contribution in [0.15, 0.2) is 29.2 Å². The molecule has 1 fully saturated rings. The Kier molecular flexibility index (Phi) is 4.13. The Morgan fingerprint density at radius 2 is 1.97 bits per heavy atom. The molecule has 1 unspecified atom stereocenters. The molecule has 0 saturated heterocycles. The summed E-state index contributed by atoms with van der Waals surface area (Å²) >= 11 is 1.61. The number of hydrogen-bond donors (Lipinski definition) is 2. The highest BCUT2D eigenvalue weighted by molar-refractivity contribution is 7.15. The number of aryl methyl sites for hydroxylation is 1. The van der Waals surface area contributed by atoms with Crippen LogP contribution in [0.25, 0.3) is 16.0 Å². The molecule has 1 saturated carbocycles. The number of likely N-dealkylation sites (N-methyl/N-ethyl adjacent to an activating group) is 1. The highest BCUT2D eigenvalue weighted by Gasteiger charge is 2.32. The number of thiophene rings is 1. The number of pyridine rings is 2. The lowest BCUT2D eigenvalue weighted by atomic mass is 9.98. The smallest absolute Gasteiger partial charge is 0.341 e. The van der Waals surface area contributed by atoms with Crippen LogP contribution in [0.3, 0.4) is 0 Å². The molecule has 2 aliphatic rings. The third kappa shape index (κ3) is 2.71. The first-order valence-corrected chi connectivity index (χ1v) is 10.6. The van der Waals surface area contributed by atoms with Crippen LogP contribution in [0.1, 0.15) is 56.7 Å².